The summed E-state index contributed by atoms with van der Waals surface area (Å²) in [4.78, 5) is 9.65. The van der Waals surface area contributed by atoms with Crippen molar-refractivity contribution in [3.05, 3.63) is 34.6 Å². The molecule has 4 nitrogen and oxygen atoms in total. The van der Waals surface area contributed by atoms with Crippen molar-refractivity contribution in [3.63, 3.8) is 0 Å². The van der Waals surface area contributed by atoms with E-state index in [2.05, 4.69) is 0 Å². The Hall–Kier alpha value is -1.52. The van der Waals surface area contributed by atoms with Crippen molar-refractivity contribution in [2.75, 3.05) is 0 Å². The number of aromatic nitrogens is 1. The summed E-state index contributed by atoms with van der Waals surface area (Å²) in [6.45, 7) is 0. The molecule has 10 heavy (non-hydrogen) atoms. The summed E-state index contributed by atoms with van der Waals surface area (Å²) in [5.74, 6) is 0. The standard InChI is InChI=1S/C5H4FN2O2/c6-7-3-1-5(2-4-7)8(9)10/h1-4H/q+1. The molecule has 52 valence electrons. The van der Waals surface area contributed by atoms with Crippen LogP contribution in [0.4, 0.5) is 10.2 Å². The molecule has 0 N–H and O–H groups in total. The highest BCUT2D eigenvalue weighted by Crippen LogP contribution is 2.04. The van der Waals surface area contributed by atoms with Gasteiger partial charge in [-0.2, -0.15) is 0 Å². The minimum absolute atomic E-state index is 0.117. The number of hydrogen-bond donors (Lipinski definition) is 0. The van der Waals surface area contributed by atoms with Gasteiger partial charge in [-0.25, -0.2) is 0 Å². The van der Waals surface area contributed by atoms with Gasteiger partial charge in [-0.1, -0.05) is 0 Å². The SMILES string of the molecule is O=[N+]([O-])c1cc[n+](F)cc1. The highest BCUT2D eigenvalue weighted by Gasteiger charge is 2.07. The molecule has 0 aromatic carbocycles. The molecular formula is C5H4FN2O2+. The molecule has 1 aromatic heterocycles. The van der Waals surface area contributed by atoms with Gasteiger partial charge in [0, 0.05) is 4.79 Å². The van der Waals surface area contributed by atoms with Crippen molar-refractivity contribution < 1.29 is 14.2 Å². The van der Waals surface area contributed by atoms with Crippen molar-refractivity contribution >= 4 is 5.69 Å². The number of halogens is 1. The first-order valence-corrected chi connectivity index (χ1v) is 2.52. The summed E-state index contributed by atoms with van der Waals surface area (Å²) in [6.07, 6.45) is 1.94. The highest BCUT2D eigenvalue weighted by molar-refractivity contribution is 5.23. The van der Waals surface area contributed by atoms with Crippen molar-refractivity contribution in [1.82, 2.24) is 0 Å². The molecule has 1 aromatic rings. The van der Waals surface area contributed by atoms with Gasteiger partial charge in [-0.3, -0.25) is 10.1 Å². The summed E-state index contributed by atoms with van der Waals surface area (Å²) in [5.41, 5.74) is -0.117. The topological polar surface area (TPSA) is 47.0 Å². The van der Waals surface area contributed by atoms with Crippen LogP contribution in [0.3, 0.4) is 0 Å². The second-order valence-corrected chi connectivity index (χ2v) is 1.66. The van der Waals surface area contributed by atoms with E-state index in [1.807, 2.05) is 0 Å². The highest BCUT2D eigenvalue weighted by atomic mass is 19.2. The summed E-state index contributed by atoms with van der Waals surface area (Å²) in [6, 6.07) is 2.17. The van der Waals surface area contributed by atoms with Crippen LogP contribution >= 0.6 is 0 Å². The Morgan fingerprint density at radius 1 is 1.50 bits per heavy atom. The second-order valence-electron chi connectivity index (χ2n) is 1.66. The van der Waals surface area contributed by atoms with Gasteiger partial charge in [0.05, 0.1) is 21.5 Å². The number of hydrogen-bond acceptors (Lipinski definition) is 2. The van der Waals surface area contributed by atoms with Crippen LogP contribution in [-0.4, -0.2) is 4.92 Å². The van der Waals surface area contributed by atoms with Crippen molar-refractivity contribution in [1.29, 1.82) is 0 Å². The van der Waals surface area contributed by atoms with Crippen LogP contribution in [0.5, 0.6) is 0 Å². The maximum Gasteiger partial charge on any atom is 0.281 e. The minimum atomic E-state index is -0.583. The fourth-order valence-electron chi connectivity index (χ4n) is 0.522. The zero-order chi connectivity index (χ0) is 7.56. The molecule has 0 amide bonds. The van der Waals surface area contributed by atoms with Gasteiger partial charge in [0.2, 0.25) is 12.4 Å². The summed E-state index contributed by atoms with van der Waals surface area (Å²) in [7, 11) is 0. The maximum atomic E-state index is 12.0. The average Bonchev–Trinajstić information content (AvgIpc) is 1.88. The van der Waals surface area contributed by atoms with Gasteiger partial charge in [0.1, 0.15) is 0 Å². The molecule has 0 radical (unpaired) electrons. The molecule has 0 aliphatic rings. The summed E-state index contributed by atoms with van der Waals surface area (Å²) in [5, 5.41) is 9.99. The number of nitro groups is 1. The number of rotatable bonds is 1. The second kappa shape index (κ2) is 2.38. The van der Waals surface area contributed by atoms with Crippen molar-refractivity contribution in [2.45, 2.75) is 0 Å². The van der Waals surface area contributed by atoms with E-state index in [4.69, 9.17) is 0 Å². The van der Waals surface area contributed by atoms with E-state index >= 15 is 0 Å². The van der Waals surface area contributed by atoms with Crippen LogP contribution in [0.2, 0.25) is 0 Å². The minimum Gasteiger partial charge on any atom is -0.258 e. The summed E-state index contributed by atoms with van der Waals surface area (Å²) >= 11 is 0. The number of pyridine rings is 1. The Bertz CT molecular complexity index is 246. The van der Waals surface area contributed by atoms with Crippen LogP contribution in [0.25, 0.3) is 0 Å². The van der Waals surface area contributed by atoms with Crippen LogP contribution in [0.1, 0.15) is 0 Å². The molecule has 0 aliphatic heterocycles. The van der Waals surface area contributed by atoms with Crippen LogP contribution in [-0.2, 0) is 0 Å². The van der Waals surface area contributed by atoms with E-state index in [9.17, 15) is 14.6 Å². The van der Waals surface area contributed by atoms with Gasteiger partial charge >= 0.3 is 0 Å². The van der Waals surface area contributed by atoms with Gasteiger partial charge in [-0.15, -0.1) is 0 Å². The number of nitrogens with zero attached hydrogens (tertiary/aromatic N) is 2. The molecule has 1 rings (SSSR count). The predicted octanol–water partition coefficient (Wildman–Crippen LogP) is 0.615. The molecular weight excluding hydrogens is 139 g/mol. The largest absolute Gasteiger partial charge is 0.281 e. The summed E-state index contributed by atoms with van der Waals surface area (Å²) < 4.78 is 12.0. The zero-order valence-corrected chi connectivity index (χ0v) is 4.90. The van der Waals surface area contributed by atoms with Gasteiger partial charge in [0.15, 0.2) is 0 Å². The van der Waals surface area contributed by atoms with E-state index < -0.39 is 4.92 Å². The molecule has 1 heterocycles. The molecule has 0 saturated carbocycles. The van der Waals surface area contributed by atoms with Crippen LogP contribution in [0.15, 0.2) is 24.5 Å². The Balaban J connectivity index is 3.00. The third-order valence-corrected chi connectivity index (χ3v) is 0.986. The van der Waals surface area contributed by atoms with Crippen LogP contribution in [0, 0.1) is 10.1 Å². The predicted molar refractivity (Wildman–Crippen MR) is 29.8 cm³/mol. The van der Waals surface area contributed by atoms with Crippen molar-refractivity contribution in [3.8, 4) is 0 Å². The third-order valence-electron chi connectivity index (χ3n) is 0.986. The van der Waals surface area contributed by atoms with E-state index in [0.717, 1.165) is 24.5 Å². The van der Waals surface area contributed by atoms with Gasteiger partial charge in [0.25, 0.3) is 5.69 Å². The Kier molecular flexibility index (Phi) is 1.57. The third kappa shape index (κ3) is 1.25. The Morgan fingerprint density at radius 2 is 2.00 bits per heavy atom. The van der Waals surface area contributed by atoms with Crippen molar-refractivity contribution in [2.24, 2.45) is 0 Å². The van der Waals surface area contributed by atoms with E-state index in [1.165, 1.54) is 0 Å². The lowest BCUT2D eigenvalue weighted by atomic mass is 10.4. The lowest BCUT2D eigenvalue weighted by Gasteiger charge is -1.83. The van der Waals surface area contributed by atoms with E-state index in [1.54, 1.807) is 0 Å². The normalized spacial score (nSPS) is 9.30. The Morgan fingerprint density at radius 3 is 2.40 bits per heavy atom. The fraction of sp³-hybridized carbons (Fsp3) is 0. The molecule has 0 unspecified atom stereocenters. The Labute approximate surface area is 55.6 Å². The van der Waals surface area contributed by atoms with Crippen LogP contribution < -0.4 is 4.79 Å². The average molecular weight is 143 g/mol. The van der Waals surface area contributed by atoms with E-state index in [0.29, 0.717) is 0 Å². The first kappa shape index (κ1) is 6.60. The fourth-order valence-corrected chi connectivity index (χ4v) is 0.522. The maximum absolute atomic E-state index is 12.0. The molecule has 5 heteroatoms. The first-order chi connectivity index (χ1) is 4.70. The monoisotopic (exact) mass is 143 g/mol. The zero-order valence-electron chi connectivity index (χ0n) is 4.90. The van der Waals surface area contributed by atoms with Gasteiger partial charge < -0.3 is 0 Å². The molecule has 0 spiro atoms. The van der Waals surface area contributed by atoms with E-state index in [-0.39, 0.29) is 10.5 Å². The molecule has 0 saturated heterocycles. The quantitative estimate of drug-likeness (QED) is 0.427. The molecule has 0 fully saturated rings. The smallest absolute Gasteiger partial charge is 0.258 e. The lowest BCUT2D eigenvalue weighted by molar-refractivity contribution is -0.844. The first-order valence-electron chi connectivity index (χ1n) is 2.52. The molecule has 0 atom stereocenters. The lowest BCUT2D eigenvalue weighted by Crippen LogP contribution is -2.19. The van der Waals surface area contributed by atoms with Gasteiger partial charge in [-0.05, 0) is 0 Å². The molecule has 0 aliphatic carbocycles. The molecule has 0 bridgehead atoms.